The molecule has 0 aromatic carbocycles. The zero-order valence-electron chi connectivity index (χ0n) is 5.90. The number of halogens is 1. The second-order valence-corrected chi connectivity index (χ2v) is 1.80. The standard InChI is InChI=1S/C5H11NO3.ClH/c1-3(9-2)4(6)5(7)8;/h3-4H,6H2,1-2H3,(H,7,8);1H/t3-,4+;/m1./s1. The maximum absolute atomic E-state index is 10.1. The number of carbonyl (C=O) groups is 1. The zero-order valence-corrected chi connectivity index (χ0v) is 6.72. The summed E-state index contributed by atoms with van der Waals surface area (Å²) < 4.78 is 4.67. The Balaban J connectivity index is 0. The molecule has 0 heterocycles. The van der Waals surface area contributed by atoms with Crippen LogP contribution in [0.15, 0.2) is 0 Å². The number of hydrogen-bond acceptors (Lipinski definition) is 3. The third kappa shape index (κ3) is 3.66. The predicted octanol–water partition coefficient (Wildman–Crippen LogP) is -0.145. The minimum absolute atomic E-state index is 0. The van der Waals surface area contributed by atoms with E-state index in [1.165, 1.54) is 7.11 Å². The highest BCUT2D eigenvalue weighted by Gasteiger charge is 2.18. The highest BCUT2D eigenvalue weighted by molar-refractivity contribution is 5.85. The number of rotatable bonds is 3. The Morgan fingerprint density at radius 3 is 2.20 bits per heavy atom. The molecule has 0 aromatic rings. The van der Waals surface area contributed by atoms with Crippen molar-refractivity contribution in [1.82, 2.24) is 0 Å². The van der Waals surface area contributed by atoms with Gasteiger partial charge in [-0.25, -0.2) is 0 Å². The van der Waals surface area contributed by atoms with E-state index in [0.29, 0.717) is 0 Å². The molecule has 0 spiro atoms. The van der Waals surface area contributed by atoms with Crippen molar-refractivity contribution in [2.24, 2.45) is 5.73 Å². The average Bonchev–Trinajstić information content (AvgIpc) is 1.84. The molecule has 0 aliphatic heterocycles. The molecule has 0 saturated carbocycles. The van der Waals surface area contributed by atoms with E-state index < -0.39 is 18.1 Å². The van der Waals surface area contributed by atoms with Crippen LogP contribution in [0.3, 0.4) is 0 Å². The van der Waals surface area contributed by atoms with Crippen LogP contribution >= 0.6 is 12.4 Å². The molecule has 0 unspecified atom stereocenters. The molecule has 0 rings (SSSR count). The molecule has 0 fully saturated rings. The Morgan fingerprint density at radius 2 is 2.10 bits per heavy atom. The molecule has 3 N–H and O–H groups in total. The summed E-state index contributed by atoms with van der Waals surface area (Å²) in [5.41, 5.74) is 5.15. The van der Waals surface area contributed by atoms with E-state index in [9.17, 15) is 4.79 Å². The molecule has 0 amide bonds. The number of carboxylic acids is 1. The van der Waals surface area contributed by atoms with Crippen LogP contribution in [0.1, 0.15) is 6.92 Å². The van der Waals surface area contributed by atoms with E-state index in [4.69, 9.17) is 10.8 Å². The van der Waals surface area contributed by atoms with Gasteiger partial charge in [0.15, 0.2) is 0 Å². The fourth-order valence-corrected chi connectivity index (χ4v) is 0.347. The van der Waals surface area contributed by atoms with Crippen molar-refractivity contribution < 1.29 is 14.6 Å². The Hall–Kier alpha value is -0.320. The number of aliphatic carboxylic acids is 1. The quantitative estimate of drug-likeness (QED) is 0.617. The van der Waals surface area contributed by atoms with Gasteiger partial charge in [-0.3, -0.25) is 4.79 Å². The highest BCUT2D eigenvalue weighted by Crippen LogP contribution is 1.92. The van der Waals surface area contributed by atoms with E-state index in [2.05, 4.69) is 4.74 Å². The van der Waals surface area contributed by atoms with E-state index >= 15 is 0 Å². The first-order valence-corrected chi connectivity index (χ1v) is 2.60. The normalized spacial score (nSPS) is 15.1. The lowest BCUT2D eigenvalue weighted by Gasteiger charge is -2.12. The fraction of sp³-hybridized carbons (Fsp3) is 0.800. The van der Waals surface area contributed by atoms with Crippen molar-refractivity contribution in [2.75, 3.05) is 7.11 Å². The first-order valence-electron chi connectivity index (χ1n) is 2.60. The Bertz CT molecular complexity index is 109. The van der Waals surface area contributed by atoms with Crippen LogP contribution in [0, 0.1) is 0 Å². The summed E-state index contributed by atoms with van der Waals surface area (Å²) in [5, 5.41) is 8.28. The number of nitrogens with two attached hydrogens (primary N) is 1. The van der Waals surface area contributed by atoms with Gasteiger partial charge in [0, 0.05) is 7.11 Å². The van der Waals surface area contributed by atoms with Gasteiger partial charge >= 0.3 is 5.97 Å². The van der Waals surface area contributed by atoms with Gasteiger partial charge in [-0.2, -0.15) is 0 Å². The van der Waals surface area contributed by atoms with Gasteiger partial charge in [0.25, 0.3) is 0 Å². The molecular formula is C5H12ClNO3. The van der Waals surface area contributed by atoms with E-state index in [1.54, 1.807) is 6.92 Å². The number of methoxy groups -OCH3 is 1. The molecule has 5 heteroatoms. The van der Waals surface area contributed by atoms with Crippen LogP contribution in [0.25, 0.3) is 0 Å². The summed E-state index contributed by atoms with van der Waals surface area (Å²) in [5.74, 6) is -1.04. The SMILES string of the molecule is CO[C@H](C)[C@H](N)C(=O)O.Cl. The van der Waals surface area contributed by atoms with Crippen molar-refractivity contribution in [3.63, 3.8) is 0 Å². The van der Waals surface area contributed by atoms with Crippen LogP contribution in [0.5, 0.6) is 0 Å². The third-order valence-electron chi connectivity index (χ3n) is 1.16. The zero-order chi connectivity index (χ0) is 7.44. The molecule has 0 aliphatic carbocycles. The van der Waals surface area contributed by atoms with Gasteiger partial charge in [0.1, 0.15) is 6.04 Å². The molecule has 0 aliphatic rings. The first-order chi connectivity index (χ1) is 4.09. The second-order valence-electron chi connectivity index (χ2n) is 1.80. The van der Waals surface area contributed by atoms with E-state index in [0.717, 1.165) is 0 Å². The second kappa shape index (κ2) is 5.46. The summed E-state index contributed by atoms with van der Waals surface area (Å²) in [6.07, 6.45) is -0.428. The van der Waals surface area contributed by atoms with Crippen molar-refractivity contribution in [1.29, 1.82) is 0 Å². The number of carboxylic acid groups (broad SMARTS) is 1. The van der Waals surface area contributed by atoms with Gasteiger partial charge in [-0.1, -0.05) is 0 Å². The minimum atomic E-state index is -1.04. The molecule has 0 radical (unpaired) electrons. The monoisotopic (exact) mass is 169 g/mol. The van der Waals surface area contributed by atoms with Gasteiger partial charge in [-0.15, -0.1) is 12.4 Å². The summed E-state index contributed by atoms with van der Waals surface area (Å²) in [7, 11) is 1.42. The molecule has 4 nitrogen and oxygen atoms in total. The minimum Gasteiger partial charge on any atom is -0.480 e. The summed E-state index contributed by atoms with van der Waals surface area (Å²) in [6, 6.07) is -0.921. The van der Waals surface area contributed by atoms with Crippen molar-refractivity contribution in [3.8, 4) is 0 Å². The van der Waals surface area contributed by atoms with Gasteiger partial charge < -0.3 is 15.6 Å². The molecular weight excluding hydrogens is 158 g/mol. The lowest BCUT2D eigenvalue weighted by atomic mass is 10.2. The molecule has 10 heavy (non-hydrogen) atoms. The van der Waals surface area contributed by atoms with Crippen molar-refractivity contribution in [2.45, 2.75) is 19.1 Å². The van der Waals surface area contributed by atoms with Gasteiger partial charge in [0.05, 0.1) is 6.10 Å². The molecule has 62 valence electrons. The Morgan fingerprint density at radius 1 is 1.70 bits per heavy atom. The largest absolute Gasteiger partial charge is 0.480 e. The van der Waals surface area contributed by atoms with Crippen molar-refractivity contribution >= 4 is 18.4 Å². The first kappa shape index (κ1) is 12.4. The Kier molecular flexibility index (Phi) is 6.76. The molecule has 0 bridgehead atoms. The summed E-state index contributed by atoms with van der Waals surface area (Å²) in [4.78, 5) is 10.1. The maximum Gasteiger partial charge on any atom is 0.323 e. The fourth-order valence-electron chi connectivity index (χ4n) is 0.347. The summed E-state index contributed by atoms with van der Waals surface area (Å²) in [6.45, 7) is 1.61. The lowest BCUT2D eigenvalue weighted by Crippen LogP contribution is -2.40. The Labute approximate surface area is 65.8 Å². The average molecular weight is 170 g/mol. The smallest absolute Gasteiger partial charge is 0.323 e. The summed E-state index contributed by atoms with van der Waals surface area (Å²) >= 11 is 0. The predicted molar refractivity (Wildman–Crippen MR) is 39.3 cm³/mol. The van der Waals surface area contributed by atoms with Crippen LogP contribution in [0.2, 0.25) is 0 Å². The van der Waals surface area contributed by atoms with E-state index in [-0.39, 0.29) is 12.4 Å². The lowest BCUT2D eigenvalue weighted by molar-refractivity contribution is -0.141. The van der Waals surface area contributed by atoms with Crippen LogP contribution < -0.4 is 5.73 Å². The number of ether oxygens (including phenoxy) is 1. The highest BCUT2D eigenvalue weighted by atomic mass is 35.5. The molecule has 0 saturated heterocycles. The van der Waals surface area contributed by atoms with Gasteiger partial charge in [-0.05, 0) is 6.92 Å². The maximum atomic E-state index is 10.1. The topological polar surface area (TPSA) is 72.5 Å². The molecule has 2 atom stereocenters. The molecule has 0 aromatic heterocycles. The van der Waals surface area contributed by atoms with Crippen LogP contribution in [0.4, 0.5) is 0 Å². The third-order valence-corrected chi connectivity index (χ3v) is 1.16. The van der Waals surface area contributed by atoms with Crippen LogP contribution in [-0.4, -0.2) is 30.3 Å². The van der Waals surface area contributed by atoms with Gasteiger partial charge in [0.2, 0.25) is 0 Å². The van der Waals surface area contributed by atoms with Crippen molar-refractivity contribution in [3.05, 3.63) is 0 Å². The van der Waals surface area contributed by atoms with Crippen LogP contribution in [-0.2, 0) is 9.53 Å². The van der Waals surface area contributed by atoms with E-state index in [1.807, 2.05) is 0 Å². The number of hydrogen-bond donors (Lipinski definition) is 2.